The second kappa shape index (κ2) is 5.81. The molecule has 1 aromatic rings. The highest BCUT2D eigenvalue weighted by atomic mass is 16.1. The Morgan fingerprint density at radius 3 is 2.67 bits per heavy atom. The van der Waals surface area contributed by atoms with E-state index in [1.807, 2.05) is 50.3 Å². The quantitative estimate of drug-likeness (QED) is 0.689. The molecule has 1 rings (SSSR count). The van der Waals surface area contributed by atoms with Crippen molar-refractivity contribution in [1.29, 1.82) is 0 Å². The first-order valence-electron chi connectivity index (χ1n) is 4.93. The van der Waals surface area contributed by atoms with Crippen LogP contribution in [-0.2, 0) is 0 Å². The Bertz CT molecular complexity index is 450. The summed E-state index contributed by atoms with van der Waals surface area (Å²) in [4.78, 5) is 11.6. The Labute approximate surface area is 89.9 Å². The largest absolute Gasteiger partial charge is 0.284 e. The van der Waals surface area contributed by atoms with Crippen molar-refractivity contribution in [3.63, 3.8) is 0 Å². The van der Waals surface area contributed by atoms with Crippen molar-refractivity contribution < 1.29 is 0 Å². The van der Waals surface area contributed by atoms with Gasteiger partial charge in [-0.3, -0.25) is 9.36 Å². The molecule has 0 radical (unpaired) electrons. The summed E-state index contributed by atoms with van der Waals surface area (Å²) in [6, 6.07) is 5.13. The van der Waals surface area contributed by atoms with Crippen molar-refractivity contribution in [1.82, 2.24) is 4.57 Å². The first kappa shape index (κ1) is 11.2. The normalized spacial score (nSPS) is 12.8. The Hall–Kier alpha value is -1.83. The molecule has 2 nitrogen and oxygen atoms in total. The smallest absolute Gasteiger partial charge is 0.255 e. The lowest BCUT2D eigenvalue weighted by Crippen LogP contribution is -2.15. The van der Waals surface area contributed by atoms with E-state index < -0.39 is 0 Å². The standard InChI is InChI=1S/C13H15NO/c1-3-5-9-12(8-4-2)14-11-7-6-10-13(14)15/h3-11H,1-2H3/b5-3-,8-4-,12-9+. The van der Waals surface area contributed by atoms with Gasteiger partial charge in [0.1, 0.15) is 0 Å². The molecule has 0 saturated carbocycles. The Balaban J connectivity index is 3.22. The van der Waals surface area contributed by atoms with Crippen LogP contribution >= 0.6 is 0 Å². The molecule has 0 atom stereocenters. The van der Waals surface area contributed by atoms with Crippen LogP contribution in [0.2, 0.25) is 0 Å². The van der Waals surface area contributed by atoms with Gasteiger partial charge in [0, 0.05) is 18.0 Å². The van der Waals surface area contributed by atoms with Gasteiger partial charge in [0.05, 0.1) is 0 Å². The summed E-state index contributed by atoms with van der Waals surface area (Å²) in [6.45, 7) is 3.87. The average molecular weight is 201 g/mol. The molecule has 0 aromatic carbocycles. The van der Waals surface area contributed by atoms with E-state index in [1.165, 1.54) is 0 Å². The van der Waals surface area contributed by atoms with Crippen LogP contribution in [0.25, 0.3) is 5.70 Å². The van der Waals surface area contributed by atoms with Crippen LogP contribution in [0.1, 0.15) is 13.8 Å². The lowest BCUT2D eigenvalue weighted by atomic mass is 10.3. The van der Waals surface area contributed by atoms with E-state index in [1.54, 1.807) is 22.9 Å². The summed E-state index contributed by atoms with van der Waals surface area (Å²) in [7, 11) is 0. The maximum atomic E-state index is 11.6. The zero-order valence-corrected chi connectivity index (χ0v) is 9.05. The lowest BCUT2D eigenvalue weighted by molar-refractivity contribution is 1.03. The third-order valence-electron chi connectivity index (χ3n) is 1.90. The predicted molar refractivity (Wildman–Crippen MR) is 64.6 cm³/mol. The van der Waals surface area contributed by atoms with Crippen LogP contribution in [0.15, 0.2) is 59.6 Å². The van der Waals surface area contributed by atoms with Crippen LogP contribution in [0.3, 0.4) is 0 Å². The summed E-state index contributed by atoms with van der Waals surface area (Å²) >= 11 is 0. The first-order chi connectivity index (χ1) is 7.29. The molecule has 78 valence electrons. The molecular weight excluding hydrogens is 186 g/mol. The van der Waals surface area contributed by atoms with Gasteiger partial charge in [-0.15, -0.1) is 0 Å². The lowest BCUT2D eigenvalue weighted by Gasteiger charge is -2.04. The molecule has 0 aliphatic rings. The van der Waals surface area contributed by atoms with Crippen LogP contribution in [0, 0.1) is 0 Å². The number of hydrogen-bond donors (Lipinski definition) is 0. The molecule has 0 N–H and O–H groups in total. The Morgan fingerprint density at radius 1 is 1.27 bits per heavy atom. The highest BCUT2D eigenvalue weighted by Gasteiger charge is 1.95. The Morgan fingerprint density at radius 2 is 2.07 bits per heavy atom. The molecule has 0 fully saturated rings. The van der Waals surface area contributed by atoms with E-state index >= 15 is 0 Å². The third kappa shape index (κ3) is 3.09. The van der Waals surface area contributed by atoms with E-state index in [-0.39, 0.29) is 5.56 Å². The minimum absolute atomic E-state index is 0.0219. The number of rotatable bonds is 3. The molecule has 0 aliphatic heterocycles. The number of aromatic nitrogens is 1. The van der Waals surface area contributed by atoms with Gasteiger partial charge in [-0.2, -0.15) is 0 Å². The van der Waals surface area contributed by atoms with Crippen LogP contribution < -0.4 is 5.56 Å². The summed E-state index contributed by atoms with van der Waals surface area (Å²) in [5, 5.41) is 0. The molecule has 0 bridgehead atoms. The van der Waals surface area contributed by atoms with Gasteiger partial charge in [-0.25, -0.2) is 0 Å². The minimum Gasteiger partial charge on any atom is -0.284 e. The molecule has 0 aliphatic carbocycles. The van der Waals surface area contributed by atoms with Crippen LogP contribution in [-0.4, -0.2) is 4.57 Å². The van der Waals surface area contributed by atoms with Gasteiger partial charge in [-0.05, 0) is 32.1 Å². The fraction of sp³-hybridized carbons (Fsp3) is 0.154. The van der Waals surface area contributed by atoms with E-state index in [2.05, 4.69) is 0 Å². The van der Waals surface area contributed by atoms with Gasteiger partial charge in [0.15, 0.2) is 0 Å². The zero-order chi connectivity index (χ0) is 11.1. The second-order valence-electron chi connectivity index (χ2n) is 3.03. The predicted octanol–water partition coefficient (Wildman–Crippen LogP) is 2.84. The Kier molecular flexibility index (Phi) is 4.35. The average Bonchev–Trinajstić information content (AvgIpc) is 2.25. The fourth-order valence-corrected chi connectivity index (χ4v) is 1.22. The summed E-state index contributed by atoms with van der Waals surface area (Å²) < 4.78 is 1.61. The molecular formula is C13H15NO. The van der Waals surface area contributed by atoms with Crippen molar-refractivity contribution in [2.24, 2.45) is 0 Å². The van der Waals surface area contributed by atoms with Crippen molar-refractivity contribution in [3.05, 3.63) is 65.1 Å². The number of pyridine rings is 1. The van der Waals surface area contributed by atoms with Gasteiger partial charge in [0.2, 0.25) is 0 Å². The van der Waals surface area contributed by atoms with E-state index in [9.17, 15) is 4.79 Å². The van der Waals surface area contributed by atoms with Crippen molar-refractivity contribution in [2.45, 2.75) is 13.8 Å². The highest BCUT2D eigenvalue weighted by molar-refractivity contribution is 5.58. The summed E-state index contributed by atoms with van der Waals surface area (Å²) in [6.07, 6.45) is 11.3. The van der Waals surface area contributed by atoms with E-state index in [0.717, 1.165) is 5.70 Å². The van der Waals surface area contributed by atoms with Crippen LogP contribution in [0.5, 0.6) is 0 Å². The van der Waals surface area contributed by atoms with E-state index in [0.29, 0.717) is 0 Å². The van der Waals surface area contributed by atoms with Gasteiger partial charge >= 0.3 is 0 Å². The first-order valence-corrected chi connectivity index (χ1v) is 4.93. The van der Waals surface area contributed by atoms with Crippen molar-refractivity contribution >= 4 is 5.70 Å². The highest BCUT2D eigenvalue weighted by Crippen LogP contribution is 2.03. The number of allylic oxidation sites excluding steroid dienone is 6. The fourth-order valence-electron chi connectivity index (χ4n) is 1.22. The SMILES string of the molecule is C\C=C/C=C(\C=C/C)n1ccccc1=O. The third-order valence-corrected chi connectivity index (χ3v) is 1.90. The second-order valence-corrected chi connectivity index (χ2v) is 3.03. The van der Waals surface area contributed by atoms with Crippen LogP contribution in [0.4, 0.5) is 0 Å². The summed E-state index contributed by atoms with van der Waals surface area (Å²) in [5.41, 5.74) is 0.840. The molecule has 1 aromatic heterocycles. The van der Waals surface area contributed by atoms with Gasteiger partial charge in [-0.1, -0.05) is 24.3 Å². The minimum atomic E-state index is -0.0219. The topological polar surface area (TPSA) is 22.0 Å². The molecule has 15 heavy (non-hydrogen) atoms. The van der Waals surface area contributed by atoms with Crippen molar-refractivity contribution in [3.8, 4) is 0 Å². The maximum Gasteiger partial charge on any atom is 0.255 e. The molecule has 0 unspecified atom stereocenters. The molecule has 0 saturated heterocycles. The molecule has 0 spiro atoms. The van der Waals surface area contributed by atoms with Gasteiger partial charge < -0.3 is 0 Å². The zero-order valence-electron chi connectivity index (χ0n) is 9.05. The number of hydrogen-bond acceptors (Lipinski definition) is 1. The molecule has 1 heterocycles. The number of nitrogens with zero attached hydrogens (tertiary/aromatic N) is 1. The molecule has 0 amide bonds. The van der Waals surface area contributed by atoms with E-state index in [4.69, 9.17) is 0 Å². The monoisotopic (exact) mass is 201 g/mol. The summed E-state index contributed by atoms with van der Waals surface area (Å²) in [5.74, 6) is 0. The molecule has 2 heteroatoms. The van der Waals surface area contributed by atoms with Crippen molar-refractivity contribution in [2.75, 3.05) is 0 Å². The van der Waals surface area contributed by atoms with Gasteiger partial charge in [0.25, 0.3) is 5.56 Å². The maximum absolute atomic E-state index is 11.6.